The quantitative estimate of drug-likeness (QED) is 0.285. The first-order chi connectivity index (χ1) is 15.9. The van der Waals surface area contributed by atoms with Crippen LogP contribution >= 0.6 is 36.4 Å². The maximum absolute atomic E-state index is 11.4. The fourth-order valence-electron chi connectivity index (χ4n) is 4.14. The number of aliphatic hydroxyl groups is 1. The molecule has 0 saturated carbocycles. The Hall–Kier alpha value is -2.48. The van der Waals surface area contributed by atoms with Crippen LogP contribution in [0.25, 0.3) is 0 Å². The zero-order chi connectivity index (χ0) is 23.4. The standard InChI is InChI=1S/C26H27ClN2O4.2ClH/c1-28-22-11-19(26(31)32)13-24(14-22)33-23-8-6-16-5-7-21(10-18(16)12-23)29-15-25(30)17-3-2-4-20(27)9-17;;/h2-4,6,8-9,11-14,21,25,28-30H,5,7,10,15H2,1H3,(H,31,32);2*1H/t21-,25-;;/m0../s1. The van der Waals surface area contributed by atoms with Gasteiger partial charge in [-0.15, -0.1) is 24.8 Å². The van der Waals surface area contributed by atoms with Gasteiger partial charge in [-0.2, -0.15) is 0 Å². The molecule has 0 unspecified atom stereocenters. The van der Waals surface area contributed by atoms with Gasteiger partial charge < -0.3 is 25.6 Å². The van der Waals surface area contributed by atoms with Crippen molar-refractivity contribution in [3.63, 3.8) is 0 Å². The molecule has 4 N–H and O–H groups in total. The largest absolute Gasteiger partial charge is 0.478 e. The van der Waals surface area contributed by atoms with E-state index in [0.717, 1.165) is 24.8 Å². The van der Waals surface area contributed by atoms with Crippen LogP contribution in [0.1, 0.15) is 39.6 Å². The number of ether oxygens (including phenoxy) is 1. The van der Waals surface area contributed by atoms with Crippen molar-refractivity contribution < 1.29 is 19.7 Å². The molecule has 6 nitrogen and oxygen atoms in total. The summed E-state index contributed by atoms with van der Waals surface area (Å²) < 4.78 is 6.00. The minimum Gasteiger partial charge on any atom is -0.478 e. The van der Waals surface area contributed by atoms with Crippen molar-refractivity contribution >= 4 is 48.1 Å². The summed E-state index contributed by atoms with van der Waals surface area (Å²) >= 11 is 6.03. The van der Waals surface area contributed by atoms with Crippen LogP contribution in [-0.2, 0) is 12.8 Å². The monoisotopic (exact) mass is 538 g/mol. The Morgan fingerprint density at radius 3 is 2.60 bits per heavy atom. The fourth-order valence-corrected chi connectivity index (χ4v) is 4.34. The number of rotatable bonds is 8. The number of nitrogens with one attached hydrogen (secondary N) is 2. The molecule has 35 heavy (non-hydrogen) atoms. The molecule has 0 aromatic heterocycles. The minimum atomic E-state index is -1.00. The number of halogens is 3. The van der Waals surface area contributed by atoms with Gasteiger partial charge in [-0.1, -0.05) is 29.8 Å². The maximum Gasteiger partial charge on any atom is 0.335 e. The SMILES string of the molecule is CNc1cc(Oc2ccc3c(c2)C[C@@H](NC[C@H](O)c2cccc(Cl)c2)CC3)cc(C(=O)O)c1.Cl.Cl. The summed E-state index contributed by atoms with van der Waals surface area (Å²) in [6.07, 6.45) is 2.13. The van der Waals surface area contributed by atoms with Gasteiger partial charge in [0.25, 0.3) is 0 Å². The number of anilines is 1. The summed E-state index contributed by atoms with van der Waals surface area (Å²) in [5, 5.41) is 26.9. The minimum absolute atomic E-state index is 0. The van der Waals surface area contributed by atoms with Crippen LogP contribution in [0.5, 0.6) is 11.5 Å². The Labute approximate surface area is 222 Å². The van der Waals surface area contributed by atoms with Gasteiger partial charge in [-0.25, -0.2) is 4.79 Å². The second-order valence-electron chi connectivity index (χ2n) is 8.25. The van der Waals surface area contributed by atoms with Crippen LogP contribution in [0.4, 0.5) is 5.69 Å². The molecule has 3 aromatic rings. The molecule has 0 amide bonds. The molecular weight excluding hydrogens is 511 g/mol. The molecule has 0 fully saturated rings. The summed E-state index contributed by atoms with van der Waals surface area (Å²) in [6.45, 7) is 0.450. The van der Waals surface area contributed by atoms with E-state index < -0.39 is 12.1 Å². The van der Waals surface area contributed by atoms with Crippen molar-refractivity contribution in [3.05, 3.63) is 87.9 Å². The van der Waals surface area contributed by atoms with Gasteiger partial charge in [-0.3, -0.25) is 0 Å². The summed E-state index contributed by atoms with van der Waals surface area (Å²) in [5.41, 5.74) is 4.11. The van der Waals surface area contributed by atoms with Gasteiger partial charge >= 0.3 is 5.97 Å². The number of aryl methyl sites for hydroxylation is 1. The first-order valence-electron chi connectivity index (χ1n) is 10.9. The molecule has 1 aliphatic carbocycles. The molecule has 0 spiro atoms. The number of benzene rings is 3. The van der Waals surface area contributed by atoms with Crippen LogP contribution in [0.15, 0.2) is 60.7 Å². The molecule has 9 heteroatoms. The number of carbonyl (C=O) groups is 1. The smallest absolute Gasteiger partial charge is 0.335 e. The second kappa shape index (κ2) is 13.0. The lowest BCUT2D eigenvalue weighted by Gasteiger charge is -2.27. The van der Waals surface area contributed by atoms with Crippen molar-refractivity contribution in [2.75, 3.05) is 18.9 Å². The number of aliphatic hydroxyl groups excluding tert-OH is 1. The Balaban J connectivity index is 0.00000216. The molecule has 188 valence electrons. The van der Waals surface area contributed by atoms with Crippen LogP contribution < -0.4 is 15.4 Å². The van der Waals surface area contributed by atoms with Gasteiger partial charge in [0.1, 0.15) is 11.5 Å². The molecule has 0 aliphatic heterocycles. The highest BCUT2D eigenvalue weighted by atomic mass is 35.5. The molecule has 0 heterocycles. The van der Waals surface area contributed by atoms with Gasteiger partial charge in [0.05, 0.1) is 11.7 Å². The van der Waals surface area contributed by atoms with Gasteiger partial charge in [0, 0.05) is 36.4 Å². The summed E-state index contributed by atoms with van der Waals surface area (Å²) in [4.78, 5) is 11.4. The van der Waals surface area contributed by atoms with Crippen LogP contribution in [0, 0.1) is 0 Å². The lowest BCUT2D eigenvalue weighted by atomic mass is 9.88. The predicted octanol–water partition coefficient (Wildman–Crippen LogP) is 5.90. The molecule has 1 aliphatic rings. The van der Waals surface area contributed by atoms with E-state index in [1.54, 1.807) is 31.3 Å². The zero-order valence-electron chi connectivity index (χ0n) is 19.2. The van der Waals surface area contributed by atoms with Crippen molar-refractivity contribution in [1.29, 1.82) is 0 Å². The molecule has 0 bridgehead atoms. The fraction of sp³-hybridized carbons (Fsp3) is 0.269. The molecular formula is C26H29Cl3N2O4. The Morgan fingerprint density at radius 1 is 1.09 bits per heavy atom. The molecule has 0 radical (unpaired) electrons. The second-order valence-corrected chi connectivity index (χ2v) is 8.69. The lowest BCUT2D eigenvalue weighted by molar-refractivity contribution is 0.0696. The summed E-state index contributed by atoms with van der Waals surface area (Å²) in [6, 6.07) is 18.4. The maximum atomic E-state index is 11.4. The Bertz CT molecular complexity index is 1160. The highest BCUT2D eigenvalue weighted by Gasteiger charge is 2.20. The third-order valence-electron chi connectivity index (χ3n) is 5.92. The lowest BCUT2D eigenvalue weighted by Crippen LogP contribution is -2.37. The molecule has 4 rings (SSSR count). The van der Waals surface area contributed by atoms with Gasteiger partial charge in [-0.05, 0) is 72.4 Å². The van der Waals surface area contributed by atoms with E-state index in [9.17, 15) is 15.0 Å². The van der Waals surface area contributed by atoms with Crippen LogP contribution in [0.3, 0.4) is 0 Å². The van der Waals surface area contributed by atoms with Crippen molar-refractivity contribution in [2.45, 2.75) is 31.4 Å². The van der Waals surface area contributed by atoms with E-state index >= 15 is 0 Å². The average molecular weight is 540 g/mol. The summed E-state index contributed by atoms with van der Waals surface area (Å²) in [7, 11) is 1.74. The number of fused-ring (bicyclic) bond motifs is 1. The van der Waals surface area contributed by atoms with Crippen molar-refractivity contribution in [2.24, 2.45) is 0 Å². The highest BCUT2D eigenvalue weighted by molar-refractivity contribution is 6.30. The Morgan fingerprint density at radius 2 is 1.89 bits per heavy atom. The topological polar surface area (TPSA) is 90.8 Å². The third-order valence-corrected chi connectivity index (χ3v) is 6.15. The number of hydrogen-bond acceptors (Lipinski definition) is 5. The van der Waals surface area contributed by atoms with E-state index in [4.69, 9.17) is 16.3 Å². The average Bonchev–Trinajstić information content (AvgIpc) is 2.82. The van der Waals surface area contributed by atoms with E-state index in [1.165, 1.54) is 17.2 Å². The molecule has 2 atom stereocenters. The van der Waals surface area contributed by atoms with Crippen LogP contribution in [0.2, 0.25) is 5.02 Å². The summed E-state index contributed by atoms with van der Waals surface area (Å²) in [5.74, 6) is 0.128. The van der Waals surface area contributed by atoms with Crippen molar-refractivity contribution in [1.82, 2.24) is 5.32 Å². The highest BCUT2D eigenvalue weighted by Crippen LogP contribution is 2.31. The van der Waals surface area contributed by atoms with E-state index in [-0.39, 0.29) is 36.4 Å². The third kappa shape index (κ3) is 7.50. The number of carboxylic acids is 1. The van der Waals surface area contributed by atoms with Crippen LogP contribution in [-0.4, -0.2) is 35.8 Å². The van der Waals surface area contributed by atoms with E-state index in [2.05, 4.69) is 16.7 Å². The van der Waals surface area contributed by atoms with Crippen molar-refractivity contribution in [3.8, 4) is 11.5 Å². The zero-order valence-corrected chi connectivity index (χ0v) is 21.6. The van der Waals surface area contributed by atoms with Gasteiger partial charge in [0.2, 0.25) is 0 Å². The van der Waals surface area contributed by atoms with E-state index in [1.807, 2.05) is 24.3 Å². The van der Waals surface area contributed by atoms with Gasteiger partial charge in [0.15, 0.2) is 0 Å². The number of aromatic carboxylic acids is 1. The van der Waals surface area contributed by atoms with E-state index in [0.29, 0.717) is 28.8 Å². The number of carboxylic acid groups (broad SMARTS) is 1. The first kappa shape index (κ1) is 28.8. The normalized spacial score (nSPS) is 15.1. The predicted molar refractivity (Wildman–Crippen MR) is 144 cm³/mol. The molecule has 3 aromatic carbocycles. The number of hydrogen-bond donors (Lipinski definition) is 4. The first-order valence-corrected chi connectivity index (χ1v) is 11.3. The molecule has 0 saturated heterocycles. The Kier molecular flexibility index (Phi) is 10.7.